The average molecular weight is 366 g/mol. The highest BCUT2D eigenvalue weighted by molar-refractivity contribution is 5.97. The fraction of sp³-hybridized carbons (Fsp3) is 0.318. The lowest BCUT2D eigenvalue weighted by Gasteiger charge is -2.25. The van der Waals surface area contributed by atoms with Crippen LogP contribution in [0.15, 0.2) is 54.6 Å². The van der Waals surface area contributed by atoms with E-state index >= 15 is 0 Å². The van der Waals surface area contributed by atoms with E-state index in [9.17, 15) is 14.4 Å². The molecule has 0 radical (unpaired) electrons. The van der Waals surface area contributed by atoms with Crippen molar-refractivity contribution in [3.8, 4) is 0 Å². The third-order valence-corrected chi connectivity index (χ3v) is 4.44. The second-order valence-electron chi connectivity index (χ2n) is 6.42. The second kappa shape index (κ2) is 9.67. The van der Waals surface area contributed by atoms with Gasteiger partial charge in [-0.25, -0.2) is 0 Å². The Morgan fingerprint density at radius 1 is 0.926 bits per heavy atom. The Labute approximate surface area is 160 Å². The lowest BCUT2D eigenvalue weighted by molar-refractivity contribution is -0.131. The first-order chi connectivity index (χ1) is 12.9. The van der Waals surface area contributed by atoms with E-state index in [0.717, 1.165) is 5.56 Å². The molecule has 0 atom stereocenters. The van der Waals surface area contributed by atoms with Gasteiger partial charge in [0.2, 0.25) is 11.8 Å². The first-order valence-corrected chi connectivity index (χ1v) is 9.13. The van der Waals surface area contributed by atoms with Gasteiger partial charge in [0.25, 0.3) is 0 Å². The molecule has 0 aliphatic rings. The van der Waals surface area contributed by atoms with E-state index in [0.29, 0.717) is 24.3 Å². The molecule has 0 aliphatic carbocycles. The topological polar surface area (TPSA) is 57.7 Å². The molecule has 0 aromatic heterocycles. The summed E-state index contributed by atoms with van der Waals surface area (Å²) in [5.41, 5.74) is 2.25. The summed E-state index contributed by atoms with van der Waals surface area (Å²) >= 11 is 0. The number of hydrogen-bond donors (Lipinski definition) is 0. The SMILES string of the molecule is CCN(Cc1ccccc1)C(=O)CCN(C(C)=O)c1cccc(C(C)=O)c1. The van der Waals surface area contributed by atoms with Crippen LogP contribution in [0.5, 0.6) is 0 Å². The average Bonchev–Trinajstić information content (AvgIpc) is 2.66. The predicted octanol–water partition coefficient (Wildman–Crippen LogP) is 3.68. The van der Waals surface area contributed by atoms with Crippen molar-refractivity contribution in [2.45, 2.75) is 33.7 Å². The third-order valence-electron chi connectivity index (χ3n) is 4.44. The number of rotatable bonds is 8. The van der Waals surface area contributed by atoms with Crippen LogP contribution in [0.3, 0.4) is 0 Å². The monoisotopic (exact) mass is 366 g/mol. The van der Waals surface area contributed by atoms with Crippen LogP contribution in [0.25, 0.3) is 0 Å². The molecule has 0 spiro atoms. The molecule has 2 aromatic carbocycles. The maximum Gasteiger partial charge on any atom is 0.224 e. The third kappa shape index (κ3) is 5.78. The maximum absolute atomic E-state index is 12.6. The molecule has 142 valence electrons. The van der Waals surface area contributed by atoms with Gasteiger partial charge in [-0.05, 0) is 31.5 Å². The number of ketones is 1. The molecular weight excluding hydrogens is 340 g/mol. The van der Waals surface area contributed by atoms with Gasteiger partial charge in [-0.1, -0.05) is 42.5 Å². The van der Waals surface area contributed by atoms with Crippen molar-refractivity contribution in [2.24, 2.45) is 0 Å². The van der Waals surface area contributed by atoms with Crippen molar-refractivity contribution in [2.75, 3.05) is 18.0 Å². The van der Waals surface area contributed by atoms with Crippen LogP contribution in [-0.4, -0.2) is 35.6 Å². The number of carbonyl (C=O) groups excluding carboxylic acids is 3. The lowest BCUT2D eigenvalue weighted by atomic mass is 10.1. The van der Waals surface area contributed by atoms with Gasteiger partial charge < -0.3 is 9.80 Å². The summed E-state index contributed by atoms with van der Waals surface area (Å²) in [6, 6.07) is 16.8. The van der Waals surface area contributed by atoms with E-state index < -0.39 is 0 Å². The molecule has 0 heterocycles. The van der Waals surface area contributed by atoms with Gasteiger partial charge in [0.1, 0.15) is 0 Å². The highest BCUT2D eigenvalue weighted by Crippen LogP contribution is 2.18. The van der Waals surface area contributed by atoms with E-state index in [-0.39, 0.29) is 30.6 Å². The molecule has 0 saturated carbocycles. The van der Waals surface area contributed by atoms with Crippen molar-refractivity contribution in [3.05, 3.63) is 65.7 Å². The van der Waals surface area contributed by atoms with Gasteiger partial charge in [-0.3, -0.25) is 14.4 Å². The summed E-state index contributed by atoms with van der Waals surface area (Å²) in [7, 11) is 0. The highest BCUT2D eigenvalue weighted by Gasteiger charge is 2.17. The Morgan fingerprint density at radius 2 is 1.63 bits per heavy atom. The van der Waals surface area contributed by atoms with Crippen molar-refractivity contribution in [1.82, 2.24) is 4.90 Å². The van der Waals surface area contributed by atoms with Gasteiger partial charge >= 0.3 is 0 Å². The molecule has 0 N–H and O–H groups in total. The number of anilines is 1. The van der Waals surface area contributed by atoms with Gasteiger partial charge in [0, 0.05) is 44.2 Å². The Kier molecular flexibility index (Phi) is 7.29. The van der Waals surface area contributed by atoms with E-state index in [1.54, 1.807) is 34.1 Å². The van der Waals surface area contributed by atoms with E-state index in [4.69, 9.17) is 0 Å². The number of nitrogens with zero attached hydrogens (tertiary/aromatic N) is 2. The summed E-state index contributed by atoms with van der Waals surface area (Å²) in [5, 5.41) is 0. The minimum Gasteiger partial charge on any atom is -0.339 e. The first kappa shape index (κ1) is 20.4. The number of carbonyl (C=O) groups is 3. The van der Waals surface area contributed by atoms with E-state index in [1.165, 1.54) is 13.8 Å². The van der Waals surface area contributed by atoms with Crippen LogP contribution in [0.1, 0.15) is 43.1 Å². The minimum absolute atomic E-state index is 0.00433. The molecule has 5 heteroatoms. The normalized spacial score (nSPS) is 10.3. The standard InChI is InChI=1S/C22H26N2O3/c1-4-23(16-19-9-6-5-7-10-19)22(27)13-14-24(18(3)26)21-12-8-11-20(15-21)17(2)25/h5-12,15H,4,13-14,16H2,1-3H3. The Bertz CT molecular complexity index is 802. The molecule has 0 unspecified atom stereocenters. The summed E-state index contributed by atoms with van der Waals surface area (Å²) in [6.45, 7) is 6.33. The summed E-state index contributed by atoms with van der Waals surface area (Å²) < 4.78 is 0. The van der Waals surface area contributed by atoms with Crippen molar-refractivity contribution in [1.29, 1.82) is 0 Å². The molecule has 0 fully saturated rings. The fourth-order valence-corrected chi connectivity index (χ4v) is 2.91. The fourth-order valence-electron chi connectivity index (χ4n) is 2.91. The van der Waals surface area contributed by atoms with Crippen LogP contribution in [0, 0.1) is 0 Å². The van der Waals surface area contributed by atoms with Gasteiger partial charge in [-0.15, -0.1) is 0 Å². The molecule has 5 nitrogen and oxygen atoms in total. The van der Waals surface area contributed by atoms with Crippen molar-refractivity contribution in [3.63, 3.8) is 0 Å². The van der Waals surface area contributed by atoms with Crippen LogP contribution >= 0.6 is 0 Å². The van der Waals surface area contributed by atoms with Crippen molar-refractivity contribution >= 4 is 23.3 Å². The number of amides is 2. The second-order valence-corrected chi connectivity index (χ2v) is 6.42. The van der Waals surface area contributed by atoms with Gasteiger partial charge in [0.15, 0.2) is 5.78 Å². The van der Waals surface area contributed by atoms with Gasteiger partial charge in [0.05, 0.1) is 0 Å². The van der Waals surface area contributed by atoms with E-state index in [2.05, 4.69) is 0 Å². The largest absolute Gasteiger partial charge is 0.339 e. The molecule has 0 aliphatic heterocycles. The Balaban J connectivity index is 2.06. The summed E-state index contributed by atoms with van der Waals surface area (Å²) in [6.07, 6.45) is 0.227. The summed E-state index contributed by atoms with van der Waals surface area (Å²) in [4.78, 5) is 39.6. The number of Topliss-reactive ketones (excluding diaryl/α,β-unsaturated/α-hetero) is 1. The Morgan fingerprint density at radius 3 is 2.22 bits per heavy atom. The van der Waals surface area contributed by atoms with Crippen LogP contribution < -0.4 is 4.90 Å². The summed E-state index contributed by atoms with van der Waals surface area (Å²) in [5.74, 6) is -0.221. The molecule has 27 heavy (non-hydrogen) atoms. The smallest absolute Gasteiger partial charge is 0.224 e. The first-order valence-electron chi connectivity index (χ1n) is 9.13. The zero-order valence-electron chi connectivity index (χ0n) is 16.1. The van der Waals surface area contributed by atoms with Crippen LogP contribution in [0.4, 0.5) is 5.69 Å². The van der Waals surface area contributed by atoms with Crippen LogP contribution in [0.2, 0.25) is 0 Å². The molecule has 2 rings (SSSR count). The molecule has 2 aromatic rings. The Hall–Kier alpha value is -2.95. The number of benzene rings is 2. The molecule has 2 amide bonds. The molecular formula is C22H26N2O3. The minimum atomic E-state index is -0.158. The van der Waals surface area contributed by atoms with E-state index in [1.807, 2.05) is 37.3 Å². The quantitative estimate of drug-likeness (QED) is 0.670. The highest BCUT2D eigenvalue weighted by atomic mass is 16.2. The van der Waals surface area contributed by atoms with Crippen molar-refractivity contribution < 1.29 is 14.4 Å². The van der Waals surface area contributed by atoms with Gasteiger partial charge in [-0.2, -0.15) is 0 Å². The molecule has 0 saturated heterocycles. The van der Waals surface area contributed by atoms with Crippen LogP contribution in [-0.2, 0) is 16.1 Å². The zero-order chi connectivity index (χ0) is 19.8. The number of hydrogen-bond acceptors (Lipinski definition) is 3. The molecule has 0 bridgehead atoms. The lowest BCUT2D eigenvalue weighted by Crippen LogP contribution is -2.36. The predicted molar refractivity (Wildman–Crippen MR) is 107 cm³/mol. The maximum atomic E-state index is 12.6. The zero-order valence-corrected chi connectivity index (χ0v) is 16.1.